The maximum Gasteiger partial charge on any atom is 0.330 e. The first-order valence-electron chi connectivity index (χ1n) is 7.81. The first-order valence-corrected chi connectivity index (χ1v) is 7.81. The molecule has 0 bridgehead atoms. The number of H-pyrrole nitrogens is 2. The fourth-order valence-corrected chi connectivity index (χ4v) is 2.25. The van der Waals surface area contributed by atoms with E-state index in [1.54, 1.807) is 27.7 Å². The Morgan fingerprint density at radius 3 is 1.59 bits per heavy atom. The van der Waals surface area contributed by atoms with Gasteiger partial charge in [-0.3, -0.25) is 28.7 Å². The summed E-state index contributed by atoms with van der Waals surface area (Å²) in [5, 5.41) is 2.48. The van der Waals surface area contributed by atoms with E-state index in [4.69, 9.17) is 17.2 Å². The van der Waals surface area contributed by atoms with E-state index in [1.165, 1.54) is 4.57 Å². The number of aromatic nitrogens is 4. The summed E-state index contributed by atoms with van der Waals surface area (Å²) in [6.07, 6.45) is 0. The van der Waals surface area contributed by atoms with Crippen molar-refractivity contribution in [1.82, 2.24) is 19.1 Å². The molecule has 0 aromatic carbocycles. The molecule has 0 fully saturated rings. The summed E-state index contributed by atoms with van der Waals surface area (Å²) in [5.74, 6) is -0.187. The van der Waals surface area contributed by atoms with Crippen molar-refractivity contribution in [1.29, 1.82) is 0 Å². The molecule has 2 aromatic heterocycles. The van der Waals surface area contributed by atoms with E-state index < -0.39 is 28.2 Å². The SMILES string of the molecule is CC(C)n1c(N)c(N)c(=O)[nH]c1=O.CC(C)n1c(N)c(N=O)c(=O)[nH]c1=O. The van der Waals surface area contributed by atoms with Crippen molar-refractivity contribution < 1.29 is 0 Å². The molecular weight excluding hydrogens is 360 g/mol. The van der Waals surface area contributed by atoms with E-state index >= 15 is 0 Å². The average Bonchev–Trinajstić information content (AvgIpc) is 2.52. The number of nitrogens with zero attached hydrogens (tertiary/aromatic N) is 3. The largest absolute Gasteiger partial charge is 0.391 e. The highest BCUT2D eigenvalue weighted by Crippen LogP contribution is 2.16. The van der Waals surface area contributed by atoms with Crippen LogP contribution in [0.3, 0.4) is 0 Å². The van der Waals surface area contributed by atoms with Crippen LogP contribution in [-0.2, 0) is 0 Å². The van der Waals surface area contributed by atoms with Gasteiger partial charge in [-0.2, -0.15) is 0 Å². The number of hydrogen-bond acceptors (Lipinski definition) is 9. The monoisotopic (exact) mass is 382 g/mol. The zero-order valence-electron chi connectivity index (χ0n) is 15.3. The lowest BCUT2D eigenvalue weighted by Gasteiger charge is -2.13. The summed E-state index contributed by atoms with van der Waals surface area (Å²) >= 11 is 0. The summed E-state index contributed by atoms with van der Waals surface area (Å²) in [4.78, 5) is 58.8. The van der Waals surface area contributed by atoms with Crippen LogP contribution in [0.25, 0.3) is 0 Å². The van der Waals surface area contributed by atoms with Gasteiger partial charge in [0.15, 0.2) is 0 Å². The highest BCUT2D eigenvalue weighted by atomic mass is 16.3. The Balaban J connectivity index is 0.000000271. The third kappa shape index (κ3) is 4.31. The second kappa shape index (κ2) is 8.16. The third-order valence-electron chi connectivity index (χ3n) is 3.50. The Bertz CT molecular complexity index is 1070. The van der Waals surface area contributed by atoms with Gasteiger partial charge in [0, 0.05) is 12.1 Å². The molecule has 0 aliphatic heterocycles. The number of aromatic amines is 2. The number of nitrogens with one attached hydrogen (secondary N) is 2. The Kier molecular flexibility index (Phi) is 6.47. The van der Waals surface area contributed by atoms with Crippen LogP contribution in [0.4, 0.5) is 23.0 Å². The van der Waals surface area contributed by atoms with E-state index in [2.05, 4.69) is 10.2 Å². The Hall–Kier alpha value is -3.64. The van der Waals surface area contributed by atoms with Gasteiger partial charge < -0.3 is 17.2 Å². The molecule has 0 saturated heterocycles. The van der Waals surface area contributed by atoms with Crippen molar-refractivity contribution in [2.24, 2.45) is 5.18 Å². The van der Waals surface area contributed by atoms with Crippen LogP contribution in [0.2, 0.25) is 0 Å². The van der Waals surface area contributed by atoms with Gasteiger partial charge in [-0.1, -0.05) is 0 Å². The minimum Gasteiger partial charge on any atom is -0.391 e. The van der Waals surface area contributed by atoms with Crippen LogP contribution in [0, 0.1) is 4.91 Å². The zero-order valence-corrected chi connectivity index (χ0v) is 15.3. The van der Waals surface area contributed by atoms with Crippen molar-refractivity contribution >= 4 is 23.0 Å². The lowest BCUT2D eigenvalue weighted by atomic mass is 10.3. The second-order valence-electron chi connectivity index (χ2n) is 6.07. The Morgan fingerprint density at radius 2 is 1.19 bits per heavy atom. The Morgan fingerprint density at radius 1 is 0.778 bits per heavy atom. The number of nitrogens with two attached hydrogens (primary N) is 3. The van der Waals surface area contributed by atoms with Crippen LogP contribution in [-0.4, -0.2) is 19.1 Å². The molecule has 0 aliphatic carbocycles. The predicted octanol–water partition coefficient (Wildman–Crippen LogP) is -0.620. The first kappa shape index (κ1) is 21.4. The number of hydrogen-bond donors (Lipinski definition) is 5. The molecule has 0 saturated carbocycles. The Labute approximate surface area is 151 Å². The van der Waals surface area contributed by atoms with Gasteiger partial charge in [0.2, 0.25) is 5.69 Å². The van der Waals surface area contributed by atoms with Crippen molar-refractivity contribution in [2.45, 2.75) is 39.8 Å². The zero-order chi connectivity index (χ0) is 21.0. The van der Waals surface area contributed by atoms with Crippen LogP contribution in [0.5, 0.6) is 0 Å². The maximum absolute atomic E-state index is 11.3. The lowest BCUT2D eigenvalue weighted by Crippen LogP contribution is -2.34. The van der Waals surface area contributed by atoms with Crippen molar-refractivity contribution in [3.8, 4) is 0 Å². The summed E-state index contributed by atoms with van der Waals surface area (Å²) in [6.45, 7) is 6.94. The van der Waals surface area contributed by atoms with Gasteiger partial charge in [0.25, 0.3) is 11.1 Å². The molecule has 8 N–H and O–H groups in total. The molecule has 0 unspecified atom stereocenters. The van der Waals surface area contributed by atoms with Crippen molar-refractivity contribution in [3.63, 3.8) is 0 Å². The highest BCUT2D eigenvalue weighted by molar-refractivity contribution is 5.56. The van der Waals surface area contributed by atoms with Gasteiger partial charge in [-0.25, -0.2) is 9.59 Å². The lowest BCUT2D eigenvalue weighted by molar-refractivity contribution is 0.571. The fraction of sp³-hybridized carbons (Fsp3) is 0.429. The quantitative estimate of drug-likeness (QED) is 0.430. The normalized spacial score (nSPS) is 10.6. The molecular formula is C14H22N8O5. The molecule has 0 spiro atoms. The molecule has 0 aliphatic rings. The van der Waals surface area contributed by atoms with E-state index in [0.29, 0.717) is 0 Å². The first-order chi connectivity index (χ1) is 12.4. The standard InChI is InChI=1S/C7H10N4O3.C7H12N4O2/c1-3(2)11-5(8)4(10-14)6(12)9-7(11)13;1-3(2)11-5(9)4(8)6(12)10-7(11)13/h3H,8H2,1-2H3,(H,9,12,13);3H,8-9H2,1-2H3,(H,10,12,13). The molecule has 0 radical (unpaired) electrons. The van der Waals surface area contributed by atoms with Gasteiger partial charge in [0.05, 0.1) is 0 Å². The molecule has 2 heterocycles. The van der Waals surface area contributed by atoms with Crippen LogP contribution in [0.1, 0.15) is 39.8 Å². The second-order valence-corrected chi connectivity index (χ2v) is 6.07. The van der Waals surface area contributed by atoms with E-state index in [-0.39, 0.29) is 29.4 Å². The summed E-state index contributed by atoms with van der Waals surface area (Å²) in [6, 6.07) is -0.383. The fourth-order valence-electron chi connectivity index (χ4n) is 2.25. The van der Waals surface area contributed by atoms with Gasteiger partial charge in [0.1, 0.15) is 17.3 Å². The van der Waals surface area contributed by atoms with E-state index in [9.17, 15) is 24.1 Å². The van der Waals surface area contributed by atoms with E-state index in [1.807, 2.05) is 4.98 Å². The molecule has 13 nitrogen and oxygen atoms in total. The molecule has 13 heteroatoms. The summed E-state index contributed by atoms with van der Waals surface area (Å²) in [7, 11) is 0. The molecule has 0 amide bonds. The molecule has 27 heavy (non-hydrogen) atoms. The predicted molar refractivity (Wildman–Crippen MR) is 102 cm³/mol. The van der Waals surface area contributed by atoms with Gasteiger partial charge in [-0.05, 0) is 32.9 Å². The minimum atomic E-state index is -0.862. The minimum absolute atomic E-state index is 0.0174. The highest BCUT2D eigenvalue weighted by Gasteiger charge is 2.14. The van der Waals surface area contributed by atoms with Crippen molar-refractivity contribution in [3.05, 3.63) is 46.6 Å². The third-order valence-corrected chi connectivity index (χ3v) is 3.50. The molecule has 148 valence electrons. The van der Waals surface area contributed by atoms with E-state index in [0.717, 1.165) is 4.57 Å². The molecule has 2 aromatic rings. The van der Waals surface area contributed by atoms with Crippen molar-refractivity contribution in [2.75, 3.05) is 17.2 Å². The number of nitrogen functional groups attached to an aromatic ring is 3. The topological polar surface area (TPSA) is 217 Å². The van der Waals surface area contributed by atoms with Crippen LogP contribution >= 0.6 is 0 Å². The van der Waals surface area contributed by atoms with Gasteiger partial charge in [-0.15, -0.1) is 4.91 Å². The average molecular weight is 382 g/mol. The molecule has 0 atom stereocenters. The van der Waals surface area contributed by atoms with Gasteiger partial charge >= 0.3 is 11.4 Å². The number of nitroso groups, excluding NO2 is 1. The summed E-state index contributed by atoms with van der Waals surface area (Å²) < 4.78 is 2.33. The summed E-state index contributed by atoms with van der Waals surface area (Å²) in [5.41, 5.74) is 13.1. The molecule has 2 rings (SSSR count). The van der Waals surface area contributed by atoms with Crippen LogP contribution in [0.15, 0.2) is 24.4 Å². The number of anilines is 3. The number of rotatable bonds is 3. The maximum atomic E-state index is 11.3. The smallest absolute Gasteiger partial charge is 0.330 e. The van der Waals surface area contributed by atoms with Crippen LogP contribution < -0.4 is 39.7 Å².